The average molecular weight is 303 g/mol. The molecule has 1 aromatic heterocycles. The zero-order chi connectivity index (χ0) is 15.2. The molecular weight excluding hydrogens is 285 g/mol. The van der Waals surface area contributed by atoms with Crippen molar-refractivity contribution in [3.05, 3.63) is 47.7 Å². The maximum Gasteiger partial charge on any atom is 0.488 e. The lowest BCUT2D eigenvalue weighted by Gasteiger charge is -2.08. The van der Waals surface area contributed by atoms with Gasteiger partial charge in [-0.2, -0.15) is 0 Å². The third kappa shape index (κ3) is 5.08. The number of hydrogen-bond donors (Lipinski definition) is 2. The Balaban J connectivity index is 1.83. The molecule has 0 unspecified atom stereocenters. The number of ether oxygens (including phenoxy) is 1. The topological polar surface area (TPSA) is 62.6 Å². The van der Waals surface area contributed by atoms with Crippen LogP contribution in [0.2, 0.25) is 0 Å². The van der Waals surface area contributed by atoms with Crippen molar-refractivity contribution in [2.24, 2.45) is 0 Å². The predicted octanol–water partition coefficient (Wildman–Crippen LogP) is 1.55. The minimum atomic E-state index is -1.47. The Kier molecular flexibility index (Phi) is 5.67. The van der Waals surface area contributed by atoms with Gasteiger partial charge in [-0.3, -0.25) is 0 Å². The number of aromatic nitrogens is 1. The highest BCUT2D eigenvalue weighted by Gasteiger charge is 2.10. The normalized spacial score (nSPS) is 10.5. The van der Waals surface area contributed by atoms with Crippen LogP contribution in [0.5, 0.6) is 5.75 Å². The number of pyridine rings is 1. The Bertz CT molecular complexity index is 587. The maximum atomic E-state index is 9.11. The summed E-state index contributed by atoms with van der Waals surface area (Å²) in [6, 6.07) is 10.9. The Labute approximate surface area is 129 Å². The minimum absolute atomic E-state index is 0.427. The second-order valence-corrected chi connectivity index (χ2v) is 5.88. The number of benzene rings is 1. The number of rotatable bonds is 6. The quantitative estimate of drug-likeness (QED) is 0.482. The molecule has 21 heavy (non-hydrogen) atoms. The molecule has 0 saturated heterocycles. The Morgan fingerprint density at radius 1 is 1.19 bits per heavy atom. The molecule has 0 aliphatic heterocycles. The Morgan fingerprint density at radius 2 is 2.00 bits per heavy atom. The molecule has 0 amide bonds. The summed E-state index contributed by atoms with van der Waals surface area (Å²) in [5.41, 5.74) is 2.65. The minimum Gasteiger partial charge on any atom is -0.493 e. The first-order valence-corrected chi connectivity index (χ1v) is 7.70. The zero-order valence-corrected chi connectivity index (χ0v) is 12.9. The summed E-state index contributed by atoms with van der Waals surface area (Å²) in [6.45, 7) is 4.57. The van der Waals surface area contributed by atoms with Crippen LogP contribution in [0, 0.1) is 13.8 Å². The molecule has 0 bridgehead atoms. The van der Waals surface area contributed by atoms with Gasteiger partial charge < -0.3 is 14.8 Å². The first-order valence-electron chi connectivity index (χ1n) is 6.71. The van der Waals surface area contributed by atoms with E-state index in [4.69, 9.17) is 14.8 Å². The molecule has 0 atom stereocenters. The summed E-state index contributed by atoms with van der Waals surface area (Å²) < 4.78 is 5.61. The lowest BCUT2D eigenvalue weighted by molar-refractivity contribution is 0.344. The van der Waals surface area contributed by atoms with Crippen molar-refractivity contribution in [1.82, 2.24) is 4.98 Å². The van der Waals surface area contributed by atoms with E-state index in [0.717, 1.165) is 16.5 Å². The van der Waals surface area contributed by atoms with Crippen molar-refractivity contribution in [3.8, 4) is 5.75 Å². The second-order valence-electron chi connectivity index (χ2n) is 4.77. The van der Waals surface area contributed by atoms with Crippen molar-refractivity contribution in [3.63, 3.8) is 0 Å². The van der Waals surface area contributed by atoms with Gasteiger partial charge in [0.2, 0.25) is 0 Å². The highest BCUT2D eigenvalue weighted by atomic mass is 32.2. The molecule has 2 N–H and O–H groups in total. The smallest absolute Gasteiger partial charge is 0.488 e. The summed E-state index contributed by atoms with van der Waals surface area (Å²) in [4.78, 5) is 4.46. The lowest BCUT2D eigenvalue weighted by atomic mass is 9.80. The van der Waals surface area contributed by atoms with Gasteiger partial charge in [-0.15, -0.1) is 11.8 Å². The van der Waals surface area contributed by atoms with Gasteiger partial charge in [0.1, 0.15) is 5.75 Å². The molecule has 4 nitrogen and oxygen atoms in total. The van der Waals surface area contributed by atoms with Gasteiger partial charge >= 0.3 is 7.12 Å². The van der Waals surface area contributed by atoms with E-state index in [-0.39, 0.29) is 0 Å². The third-order valence-corrected chi connectivity index (χ3v) is 3.71. The van der Waals surface area contributed by atoms with E-state index in [0.29, 0.717) is 17.8 Å². The first-order chi connectivity index (χ1) is 10.0. The molecule has 0 saturated carbocycles. The van der Waals surface area contributed by atoms with E-state index in [2.05, 4.69) is 18.0 Å². The maximum absolute atomic E-state index is 9.11. The Morgan fingerprint density at radius 3 is 2.71 bits per heavy atom. The van der Waals surface area contributed by atoms with Gasteiger partial charge in [0.25, 0.3) is 0 Å². The van der Waals surface area contributed by atoms with E-state index in [1.807, 2.05) is 13.0 Å². The highest BCUT2D eigenvalue weighted by Crippen LogP contribution is 2.18. The molecule has 110 valence electrons. The summed E-state index contributed by atoms with van der Waals surface area (Å²) >= 11 is 1.64. The van der Waals surface area contributed by atoms with Crippen molar-refractivity contribution < 1.29 is 14.8 Å². The van der Waals surface area contributed by atoms with Crippen LogP contribution < -0.4 is 10.2 Å². The van der Waals surface area contributed by atoms with E-state index < -0.39 is 7.12 Å². The van der Waals surface area contributed by atoms with Gasteiger partial charge in [0.05, 0.1) is 11.6 Å². The van der Waals surface area contributed by atoms with Crippen molar-refractivity contribution >= 4 is 24.3 Å². The summed E-state index contributed by atoms with van der Waals surface area (Å²) in [5, 5.41) is 19.2. The number of aryl methyl sites for hydroxylation is 2. The number of hydrogen-bond acceptors (Lipinski definition) is 5. The summed E-state index contributed by atoms with van der Waals surface area (Å²) in [7, 11) is -1.47. The summed E-state index contributed by atoms with van der Waals surface area (Å²) in [6.07, 6.45) is 0. The molecule has 1 aromatic carbocycles. The van der Waals surface area contributed by atoms with Gasteiger partial charge in [-0.25, -0.2) is 4.98 Å². The second kappa shape index (κ2) is 7.50. The molecule has 0 aliphatic carbocycles. The molecule has 2 rings (SSSR count). The van der Waals surface area contributed by atoms with Gasteiger partial charge in [-0.1, -0.05) is 12.1 Å². The van der Waals surface area contributed by atoms with Crippen molar-refractivity contribution in [2.75, 3.05) is 12.4 Å². The van der Waals surface area contributed by atoms with Crippen LogP contribution in [-0.4, -0.2) is 34.5 Å². The SMILES string of the molecule is Cc1cc(C)nc(SCCOc2cccc(B(O)O)c2)c1. The molecule has 0 radical (unpaired) electrons. The fourth-order valence-electron chi connectivity index (χ4n) is 1.95. The number of nitrogens with zero attached hydrogens (tertiary/aromatic N) is 1. The van der Waals surface area contributed by atoms with Gasteiger partial charge in [-0.05, 0) is 49.1 Å². The molecule has 1 heterocycles. The van der Waals surface area contributed by atoms with Crippen LogP contribution in [0.15, 0.2) is 41.4 Å². The van der Waals surface area contributed by atoms with Crippen LogP contribution >= 0.6 is 11.8 Å². The van der Waals surface area contributed by atoms with E-state index in [1.54, 1.807) is 36.0 Å². The lowest BCUT2D eigenvalue weighted by Crippen LogP contribution is -2.29. The highest BCUT2D eigenvalue weighted by molar-refractivity contribution is 7.99. The van der Waals surface area contributed by atoms with Crippen LogP contribution in [0.1, 0.15) is 11.3 Å². The molecule has 2 aromatic rings. The van der Waals surface area contributed by atoms with Crippen molar-refractivity contribution in [2.45, 2.75) is 18.9 Å². The molecular formula is C15H18BNO3S. The monoisotopic (exact) mass is 303 g/mol. The molecule has 0 fully saturated rings. The zero-order valence-electron chi connectivity index (χ0n) is 12.1. The molecule has 0 aliphatic rings. The average Bonchev–Trinajstić information content (AvgIpc) is 2.43. The molecule has 0 spiro atoms. The van der Waals surface area contributed by atoms with Crippen molar-refractivity contribution in [1.29, 1.82) is 0 Å². The van der Waals surface area contributed by atoms with Gasteiger partial charge in [0, 0.05) is 11.4 Å². The summed E-state index contributed by atoms with van der Waals surface area (Å²) in [5.74, 6) is 1.41. The van der Waals surface area contributed by atoms with Crippen LogP contribution in [0.4, 0.5) is 0 Å². The predicted molar refractivity (Wildman–Crippen MR) is 86.2 cm³/mol. The van der Waals surface area contributed by atoms with Crippen LogP contribution in [0.3, 0.4) is 0 Å². The first kappa shape index (κ1) is 15.9. The third-order valence-electron chi connectivity index (χ3n) is 2.83. The van der Waals surface area contributed by atoms with Gasteiger partial charge in [0.15, 0.2) is 0 Å². The Hall–Kier alpha value is -1.50. The van der Waals surface area contributed by atoms with Crippen LogP contribution in [-0.2, 0) is 0 Å². The molecule has 6 heteroatoms. The fourth-order valence-corrected chi connectivity index (χ4v) is 2.80. The standard InChI is InChI=1S/C15H18BNO3S/c1-11-8-12(2)17-15(9-11)21-7-6-20-14-5-3-4-13(10-14)16(18)19/h3-5,8-10,18-19H,6-7H2,1-2H3. The van der Waals surface area contributed by atoms with E-state index >= 15 is 0 Å². The van der Waals surface area contributed by atoms with E-state index in [1.165, 1.54) is 5.56 Å². The number of thioether (sulfide) groups is 1. The largest absolute Gasteiger partial charge is 0.493 e. The van der Waals surface area contributed by atoms with E-state index in [9.17, 15) is 0 Å². The van der Waals surface area contributed by atoms with Crippen LogP contribution in [0.25, 0.3) is 0 Å². The fraction of sp³-hybridized carbons (Fsp3) is 0.267.